The number of carbonyl (C=O) groups is 1. The van der Waals surface area contributed by atoms with Crippen LogP contribution in [-0.4, -0.2) is 18.4 Å². The predicted molar refractivity (Wildman–Crippen MR) is 109 cm³/mol. The van der Waals surface area contributed by atoms with Gasteiger partial charge in [0.1, 0.15) is 5.82 Å². The molecule has 1 aliphatic rings. The van der Waals surface area contributed by atoms with Crippen LogP contribution in [0.4, 0.5) is 4.39 Å². The molecule has 0 unspecified atom stereocenters. The van der Waals surface area contributed by atoms with E-state index in [1.165, 1.54) is 42.7 Å². The fourth-order valence-electron chi connectivity index (χ4n) is 2.35. The normalized spacial score (nSPS) is 13.1. The fourth-order valence-corrected chi connectivity index (χ4v) is 2.35. The zero-order chi connectivity index (χ0) is 19.9. The SMILES string of the molecule is CC.CCCC/C(C)=C/C=C(\C)NC.O=CN1Cc2ccc(F)cc2C1. The summed E-state index contributed by atoms with van der Waals surface area (Å²) in [6, 6.07) is 4.64. The first-order chi connectivity index (χ1) is 12.5. The number of hydrogen-bond acceptors (Lipinski definition) is 2. The second-order valence-electron chi connectivity index (χ2n) is 6.14. The number of fused-ring (bicyclic) bond motifs is 1. The van der Waals surface area contributed by atoms with Gasteiger partial charge < -0.3 is 10.2 Å². The number of rotatable bonds is 6. The zero-order valence-electron chi connectivity index (χ0n) is 17.2. The smallest absolute Gasteiger partial charge is 0.210 e. The van der Waals surface area contributed by atoms with Gasteiger partial charge in [-0.05, 0) is 56.0 Å². The average Bonchev–Trinajstić information content (AvgIpc) is 3.08. The molecule has 3 nitrogen and oxygen atoms in total. The number of nitrogens with zero attached hydrogens (tertiary/aromatic N) is 1. The van der Waals surface area contributed by atoms with Gasteiger partial charge in [0, 0.05) is 25.8 Å². The van der Waals surface area contributed by atoms with Gasteiger partial charge in [0.05, 0.1) is 0 Å². The van der Waals surface area contributed by atoms with Gasteiger partial charge in [-0.25, -0.2) is 4.39 Å². The second kappa shape index (κ2) is 14.1. The van der Waals surface area contributed by atoms with Crippen LogP contribution in [0.3, 0.4) is 0 Å². The Hall–Kier alpha value is -2.10. The summed E-state index contributed by atoms with van der Waals surface area (Å²) in [6.45, 7) is 11.6. The molecule has 0 aromatic heterocycles. The summed E-state index contributed by atoms with van der Waals surface area (Å²) in [4.78, 5) is 12.0. The second-order valence-corrected chi connectivity index (χ2v) is 6.14. The Kier molecular flexibility index (Phi) is 13.0. The third-order valence-electron chi connectivity index (χ3n) is 4.00. The number of carbonyl (C=O) groups excluding carboxylic acids is 1. The molecule has 0 aliphatic carbocycles. The monoisotopic (exact) mass is 362 g/mol. The molecule has 0 fully saturated rings. The van der Waals surface area contributed by atoms with Gasteiger partial charge >= 0.3 is 0 Å². The molecule has 1 amide bonds. The van der Waals surface area contributed by atoms with Crippen LogP contribution < -0.4 is 5.32 Å². The van der Waals surface area contributed by atoms with Crippen LogP contribution in [0.1, 0.15) is 65.0 Å². The highest BCUT2D eigenvalue weighted by Crippen LogP contribution is 2.21. The van der Waals surface area contributed by atoms with Crippen molar-refractivity contribution in [2.24, 2.45) is 0 Å². The van der Waals surface area contributed by atoms with Crippen molar-refractivity contribution >= 4 is 6.41 Å². The highest BCUT2D eigenvalue weighted by Gasteiger charge is 2.16. The quantitative estimate of drug-likeness (QED) is 0.530. The maximum absolute atomic E-state index is 12.7. The molecule has 0 radical (unpaired) electrons. The summed E-state index contributed by atoms with van der Waals surface area (Å²) >= 11 is 0. The maximum Gasteiger partial charge on any atom is 0.210 e. The van der Waals surface area contributed by atoms with E-state index in [1.54, 1.807) is 11.0 Å². The van der Waals surface area contributed by atoms with E-state index >= 15 is 0 Å². The van der Waals surface area contributed by atoms with E-state index in [4.69, 9.17) is 0 Å². The molecule has 2 rings (SSSR count). The van der Waals surface area contributed by atoms with Crippen molar-refractivity contribution in [2.75, 3.05) is 7.05 Å². The molecule has 0 saturated heterocycles. The van der Waals surface area contributed by atoms with E-state index in [-0.39, 0.29) is 5.82 Å². The molecule has 4 heteroatoms. The molecule has 146 valence electrons. The van der Waals surface area contributed by atoms with Gasteiger partial charge in [-0.15, -0.1) is 0 Å². The predicted octanol–water partition coefficient (Wildman–Crippen LogP) is 5.57. The van der Waals surface area contributed by atoms with Gasteiger partial charge in [-0.3, -0.25) is 4.79 Å². The lowest BCUT2D eigenvalue weighted by Gasteiger charge is -2.04. The molecule has 0 saturated carbocycles. The number of benzene rings is 1. The molecular formula is C22H35FN2O. The Balaban J connectivity index is 0.000000439. The molecule has 1 aromatic rings. The Bertz CT molecular complexity index is 594. The lowest BCUT2D eigenvalue weighted by Crippen LogP contribution is -2.12. The van der Waals surface area contributed by atoms with Crippen LogP contribution in [0.25, 0.3) is 0 Å². The Labute approximate surface area is 159 Å². The highest BCUT2D eigenvalue weighted by atomic mass is 19.1. The first kappa shape index (κ1) is 23.9. The van der Waals surface area contributed by atoms with Crippen LogP contribution in [0, 0.1) is 5.82 Å². The largest absolute Gasteiger partial charge is 0.392 e. The van der Waals surface area contributed by atoms with E-state index in [2.05, 4.69) is 38.2 Å². The number of halogens is 1. The molecule has 0 bridgehead atoms. The lowest BCUT2D eigenvalue weighted by molar-refractivity contribution is -0.118. The highest BCUT2D eigenvalue weighted by molar-refractivity contribution is 5.50. The molecule has 0 spiro atoms. The minimum absolute atomic E-state index is 0.235. The van der Waals surface area contributed by atoms with Crippen LogP contribution in [-0.2, 0) is 17.9 Å². The van der Waals surface area contributed by atoms with Crippen molar-refractivity contribution in [1.29, 1.82) is 0 Å². The minimum atomic E-state index is -0.235. The van der Waals surface area contributed by atoms with E-state index in [0.29, 0.717) is 13.1 Å². The number of hydrogen-bond donors (Lipinski definition) is 1. The Morgan fingerprint density at radius 3 is 2.42 bits per heavy atom. The first-order valence-electron chi connectivity index (χ1n) is 9.48. The standard InChI is InChI=1S/C11H21N.C9H8FNO.C2H6/c1-5-6-7-10(2)8-9-11(3)12-4;10-9-2-1-7-4-11(6-12)5-8(7)3-9;1-2/h8-9,12H,5-7H2,1-4H3;1-3,6H,4-5H2;1-2H3/b10-8+,11-9+;;. The van der Waals surface area contributed by atoms with Crippen LogP contribution in [0.2, 0.25) is 0 Å². The van der Waals surface area contributed by atoms with Crippen molar-refractivity contribution in [3.8, 4) is 0 Å². The number of allylic oxidation sites excluding steroid dienone is 4. The van der Waals surface area contributed by atoms with Gasteiger partial charge in [0.25, 0.3) is 0 Å². The van der Waals surface area contributed by atoms with Gasteiger partial charge in [-0.2, -0.15) is 0 Å². The van der Waals surface area contributed by atoms with Gasteiger partial charge in [0.15, 0.2) is 0 Å². The summed E-state index contributed by atoms with van der Waals surface area (Å²) in [5, 5.41) is 3.09. The third kappa shape index (κ3) is 9.40. The molecular weight excluding hydrogens is 327 g/mol. The van der Waals surface area contributed by atoms with E-state index in [1.807, 2.05) is 20.9 Å². The topological polar surface area (TPSA) is 32.3 Å². The van der Waals surface area contributed by atoms with Crippen LogP contribution in [0.15, 0.2) is 41.6 Å². The van der Waals surface area contributed by atoms with Gasteiger partial charge in [-0.1, -0.05) is 44.9 Å². The van der Waals surface area contributed by atoms with Crippen molar-refractivity contribution < 1.29 is 9.18 Å². The molecule has 1 heterocycles. The summed E-state index contributed by atoms with van der Waals surface area (Å²) in [5.74, 6) is -0.235. The number of nitrogens with one attached hydrogen (secondary N) is 1. The molecule has 1 aliphatic heterocycles. The van der Waals surface area contributed by atoms with Crippen LogP contribution >= 0.6 is 0 Å². The Morgan fingerprint density at radius 2 is 1.85 bits per heavy atom. The lowest BCUT2D eigenvalue weighted by atomic mass is 10.1. The summed E-state index contributed by atoms with van der Waals surface area (Å²) in [7, 11) is 1.95. The molecule has 26 heavy (non-hydrogen) atoms. The number of unbranched alkanes of at least 4 members (excludes halogenated alkanes) is 1. The van der Waals surface area contributed by atoms with E-state index in [0.717, 1.165) is 17.5 Å². The average molecular weight is 363 g/mol. The van der Waals surface area contributed by atoms with E-state index in [9.17, 15) is 9.18 Å². The maximum atomic E-state index is 12.7. The summed E-state index contributed by atoms with van der Waals surface area (Å²) < 4.78 is 12.7. The van der Waals surface area contributed by atoms with Crippen molar-refractivity contribution in [2.45, 2.75) is 67.0 Å². The first-order valence-corrected chi connectivity index (χ1v) is 9.48. The van der Waals surface area contributed by atoms with Gasteiger partial charge in [0.2, 0.25) is 6.41 Å². The molecule has 1 aromatic carbocycles. The van der Waals surface area contributed by atoms with Crippen molar-refractivity contribution in [3.05, 3.63) is 58.6 Å². The van der Waals surface area contributed by atoms with Crippen molar-refractivity contribution in [3.63, 3.8) is 0 Å². The zero-order valence-corrected chi connectivity index (χ0v) is 17.2. The van der Waals surface area contributed by atoms with Crippen molar-refractivity contribution in [1.82, 2.24) is 10.2 Å². The summed E-state index contributed by atoms with van der Waals surface area (Å²) in [5.41, 5.74) is 4.64. The minimum Gasteiger partial charge on any atom is -0.392 e. The third-order valence-corrected chi connectivity index (χ3v) is 4.00. The summed E-state index contributed by atoms with van der Waals surface area (Å²) in [6.07, 6.45) is 8.92. The molecule has 0 atom stereocenters. The van der Waals surface area contributed by atoms with E-state index < -0.39 is 0 Å². The Morgan fingerprint density at radius 1 is 1.19 bits per heavy atom. The number of amides is 1. The fraction of sp³-hybridized carbons (Fsp3) is 0.500. The molecule has 1 N–H and O–H groups in total. The van der Waals surface area contributed by atoms with Crippen LogP contribution in [0.5, 0.6) is 0 Å².